The zero-order chi connectivity index (χ0) is 11.7. The van der Waals surface area contributed by atoms with Crippen LogP contribution >= 0.6 is 11.6 Å². The second kappa shape index (κ2) is 3.98. The van der Waals surface area contributed by atoms with Gasteiger partial charge in [0.2, 0.25) is 0 Å². The van der Waals surface area contributed by atoms with Crippen LogP contribution in [0, 0.1) is 6.92 Å². The van der Waals surface area contributed by atoms with E-state index >= 15 is 0 Å². The van der Waals surface area contributed by atoms with Gasteiger partial charge in [0.15, 0.2) is 0 Å². The fourth-order valence-corrected chi connectivity index (χ4v) is 1.64. The molecule has 0 spiro atoms. The summed E-state index contributed by atoms with van der Waals surface area (Å²) in [5.74, 6) is 0.543. The van der Waals surface area contributed by atoms with Gasteiger partial charge in [-0.3, -0.25) is 4.79 Å². The Morgan fingerprint density at radius 3 is 2.81 bits per heavy atom. The highest BCUT2D eigenvalue weighted by molar-refractivity contribution is 6.31. The van der Waals surface area contributed by atoms with E-state index in [0.29, 0.717) is 27.8 Å². The lowest BCUT2D eigenvalue weighted by Gasteiger charge is -2.05. The fourth-order valence-electron chi connectivity index (χ4n) is 1.47. The molecule has 0 amide bonds. The molecule has 82 valence electrons. The minimum Gasteiger partial charge on any atom is -0.398 e. The predicted molar refractivity (Wildman–Crippen MR) is 64.5 cm³/mol. The number of H-pyrrole nitrogens is 1. The first kappa shape index (κ1) is 10.7. The second-order valence-corrected chi connectivity index (χ2v) is 3.88. The Morgan fingerprint density at radius 1 is 1.38 bits per heavy atom. The van der Waals surface area contributed by atoms with Crippen LogP contribution in [-0.2, 0) is 0 Å². The van der Waals surface area contributed by atoms with Crippen LogP contribution in [0.2, 0.25) is 5.02 Å². The Kier molecular flexibility index (Phi) is 2.66. The molecule has 1 heterocycles. The monoisotopic (exact) mass is 235 g/mol. The molecular weight excluding hydrogens is 226 g/mol. The molecule has 16 heavy (non-hydrogen) atoms. The molecule has 0 aliphatic carbocycles. The highest BCUT2D eigenvalue weighted by atomic mass is 35.5. The lowest BCUT2D eigenvalue weighted by molar-refractivity contribution is 1.02. The van der Waals surface area contributed by atoms with E-state index in [-0.39, 0.29) is 5.56 Å². The number of benzene rings is 1. The number of aromatic amines is 1. The molecule has 0 bridgehead atoms. The lowest BCUT2D eigenvalue weighted by atomic mass is 10.1. The van der Waals surface area contributed by atoms with Crippen molar-refractivity contribution in [2.24, 2.45) is 0 Å². The summed E-state index contributed by atoms with van der Waals surface area (Å²) in [6.45, 7) is 1.71. The van der Waals surface area contributed by atoms with Crippen LogP contribution in [0.15, 0.2) is 29.1 Å². The van der Waals surface area contributed by atoms with Crippen LogP contribution in [0.25, 0.3) is 11.3 Å². The third-order valence-corrected chi connectivity index (χ3v) is 2.39. The van der Waals surface area contributed by atoms with Gasteiger partial charge in [-0.05, 0) is 25.1 Å². The van der Waals surface area contributed by atoms with Crippen molar-refractivity contribution in [2.45, 2.75) is 6.92 Å². The number of hydrogen-bond acceptors (Lipinski definition) is 3. The van der Waals surface area contributed by atoms with Gasteiger partial charge in [0.05, 0.1) is 5.69 Å². The van der Waals surface area contributed by atoms with Crippen LogP contribution in [0.1, 0.15) is 5.82 Å². The Bertz CT molecular complexity index is 592. The van der Waals surface area contributed by atoms with Gasteiger partial charge in [-0.15, -0.1) is 0 Å². The summed E-state index contributed by atoms with van der Waals surface area (Å²) in [4.78, 5) is 18.1. The smallest absolute Gasteiger partial charge is 0.251 e. The first-order chi connectivity index (χ1) is 7.56. The molecule has 0 radical (unpaired) electrons. The Morgan fingerprint density at radius 2 is 2.12 bits per heavy atom. The van der Waals surface area contributed by atoms with Gasteiger partial charge in [-0.1, -0.05) is 11.6 Å². The van der Waals surface area contributed by atoms with Gasteiger partial charge in [0.1, 0.15) is 5.82 Å². The van der Waals surface area contributed by atoms with Crippen LogP contribution < -0.4 is 11.3 Å². The van der Waals surface area contributed by atoms with E-state index in [9.17, 15) is 4.79 Å². The zero-order valence-corrected chi connectivity index (χ0v) is 9.38. The summed E-state index contributed by atoms with van der Waals surface area (Å²) >= 11 is 5.88. The van der Waals surface area contributed by atoms with E-state index in [1.807, 2.05) is 0 Å². The molecule has 0 saturated carbocycles. The second-order valence-electron chi connectivity index (χ2n) is 3.45. The average molecular weight is 236 g/mol. The van der Waals surface area contributed by atoms with Crippen LogP contribution in [0.3, 0.4) is 0 Å². The Balaban J connectivity index is 2.66. The van der Waals surface area contributed by atoms with Gasteiger partial charge < -0.3 is 10.7 Å². The van der Waals surface area contributed by atoms with Crippen molar-refractivity contribution in [3.05, 3.63) is 45.5 Å². The van der Waals surface area contributed by atoms with Crippen molar-refractivity contribution in [3.8, 4) is 11.3 Å². The number of nitrogens with one attached hydrogen (secondary N) is 1. The van der Waals surface area contributed by atoms with E-state index in [2.05, 4.69) is 9.97 Å². The molecule has 1 aromatic heterocycles. The molecule has 4 nitrogen and oxygen atoms in total. The summed E-state index contributed by atoms with van der Waals surface area (Å²) < 4.78 is 0. The first-order valence-corrected chi connectivity index (χ1v) is 5.07. The van der Waals surface area contributed by atoms with E-state index in [4.69, 9.17) is 17.3 Å². The maximum Gasteiger partial charge on any atom is 0.251 e. The minimum atomic E-state index is -0.207. The summed E-state index contributed by atoms with van der Waals surface area (Å²) in [5, 5.41) is 0.559. The highest BCUT2D eigenvalue weighted by Gasteiger charge is 2.06. The Labute approximate surface area is 97.1 Å². The molecule has 0 unspecified atom stereocenters. The molecule has 5 heteroatoms. The maximum atomic E-state index is 11.3. The van der Waals surface area contributed by atoms with Gasteiger partial charge >= 0.3 is 0 Å². The summed E-state index contributed by atoms with van der Waals surface area (Å²) in [7, 11) is 0. The molecule has 0 saturated heterocycles. The lowest BCUT2D eigenvalue weighted by Crippen LogP contribution is -2.09. The zero-order valence-electron chi connectivity index (χ0n) is 8.62. The highest BCUT2D eigenvalue weighted by Crippen LogP contribution is 2.26. The summed E-state index contributed by atoms with van der Waals surface area (Å²) in [6.07, 6.45) is 0. The number of aryl methyl sites for hydroxylation is 1. The van der Waals surface area contributed by atoms with E-state index < -0.39 is 0 Å². The summed E-state index contributed by atoms with van der Waals surface area (Å²) in [5.41, 5.74) is 7.34. The quantitative estimate of drug-likeness (QED) is 0.743. The number of anilines is 1. The van der Waals surface area contributed by atoms with E-state index in [1.165, 1.54) is 6.07 Å². The molecule has 1 aromatic carbocycles. The van der Waals surface area contributed by atoms with Crippen molar-refractivity contribution >= 4 is 17.3 Å². The Hall–Kier alpha value is -1.81. The van der Waals surface area contributed by atoms with Gasteiger partial charge in [-0.2, -0.15) is 0 Å². The minimum absolute atomic E-state index is 0.207. The fraction of sp³-hybridized carbons (Fsp3) is 0.0909. The van der Waals surface area contributed by atoms with E-state index in [0.717, 1.165) is 0 Å². The number of aromatic nitrogens is 2. The van der Waals surface area contributed by atoms with E-state index in [1.54, 1.807) is 25.1 Å². The SMILES string of the molecule is Cc1nc(-c2cc(Cl)ccc2N)cc(=O)[nH]1. The largest absolute Gasteiger partial charge is 0.398 e. The predicted octanol–water partition coefficient (Wildman–Crippen LogP) is 1.98. The number of hydrogen-bond donors (Lipinski definition) is 2. The number of nitrogen functional groups attached to an aromatic ring is 1. The molecule has 2 rings (SSSR count). The van der Waals surface area contributed by atoms with Gasteiger partial charge in [0.25, 0.3) is 5.56 Å². The number of nitrogens with zero attached hydrogens (tertiary/aromatic N) is 1. The molecule has 0 fully saturated rings. The standard InChI is InChI=1S/C11H10ClN3O/c1-6-14-10(5-11(16)15-6)8-4-7(12)2-3-9(8)13/h2-5H,13H2,1H3,(H,14,15,16). The molecule has 0 atom stereocenters. The topological polar surface area (TPSA) is 71.8 Å². The third-order valence-electron chi connectivity index (χ3n) is 2.15. The van der Waals surface area contributed by atoms with Crippen molar-refractivity contribution in [2.75, 3.05) is 5.73 Å². The van der Waals surface area contributed by atoms with Crippen molar-refractivity contribution in [1.29, 1.82) is 0 Å². The number of nitrogens with two attached hydrogens (primary N) is 1. The third kappa shape index (κ3) is 2.06. The number of halogens is 1. The van der Waals surface area contributed by atoms with Crippen molar-refractivity contribution in [3.63, 3.8) is 0 Å². The van der Waals surface area contributed by atoms with Crippen molar-refractivity contribution in [1.82, 2.24) is 9.97 Å². The number of rotatable bonds is 1. The average Bonchev–Trinajstić information content (AvgIpc) is 2.20. The van der Waals surface area contributed by atoms with Crippen molar-refractivity contribution < 1.29 is 0 Å². The maximum absolute atomic E-state index is 11.3. The molecule has 0 aliphatic rings. The first-order valence-electron chi connectivity index (χ1n) is 4.69. The molecule has 2 aromatic rings. The molecule has 3 N–H and O–H groups in total. The molecular formula is C11H10ClN3O. The van der Waals surface area contributed by atoms with Crippen LogP contribution in [-0.4, -0.2) is 9.97 Å². The summed E-state index contributed by atoms with van der Waals surface area (Å²) in [6, 6.07) is 6.48. The van der Waals surface area contributed by atoms with Gasteiger partial charge in [-0.25, -0.2) is 4.98 Å². The van der Waals surface area contributed by atoms with Gasteiger partial charge in [0, 0.05) is 22.3 Å². The normalized spacial score (nSPS) is 10.4. The van der Waals surface area contributed by atoms with Crippen LogP contribution in [0.4, 0.5) is 5.69 Å². The van der Waals surface area contributed by atoms with Crippen LogP contribution in [0.5, 0.6) is 0 Å². The molecule has 0 aliphatic heterocycles.